The number of hydrogen-bond donors (Lipinski definition) is 0. The lowest BCUT2D eigenvalue weighted by Crippen LogP contribution is -2.47. The van der Waals surface area contributed by atoms with E-state index in [-0.39, 0.29) is 0 Å². The molecule has 4 nitrogen and oxygen atoms in total. The molecule has 1 aliphatic heterocycles. The van der Waals surface area contributed by atoms with Crippen molar-refractivity contribution in [3.8, 4) is 0 Å². The molecule has 22 heavy (non-hydrogen) atoms. The van der Waals surface area contributed by atoms with Gasteiger partial charge in [-0.25, -0.2) is 9.97 Å². The van der Waals surface area contributed by atoms with Crippen LogP contribution in [-0.2, 0) is 12.8 Å². The Bertz CT molecular complexity index is 629. The maximum absolute atomic E-state index is 4.86. The van der Waals surface area contributed by atoms with Gasteiger partial charge in [-0.3, -0.25) is 4.90 Å². The third-order valence-electron chi connectivity index (χ3n) is 4.35. The zero-order valence-corrected chi connectivity index (χ0v) is 14.7. The van der Waals surface area contributed by atoms with Gasteiger partial charge in [0.15, 0.2) is 0 Å². The summed E-state index contributed by atoms with van der Waals surface area (Å²) in [6.07, 6.45) is 3.21. The van der Waals surface area contributed by atoms with E-state index in [0.29, 0.717) is 0 Å². The molecule has 0 unspecified atom stereocenters. The first-order valence-electron chi connectivity index (χ1n) is 8.51. The van der Waals surface area contributed by atoms with Crippen LogP contribution in [0.4, 0.5) is 5.82 Å². The van der Waals surface area contributed by atoms with Gasteiger partial charge in [-0.2, -0.15) is 0 Å². The fraction of sp³-hybridized carbons (Fsp3) is 0.647. The molecule has 1 aliphatic rings. The molecule has 2 aromatic heterocycles. The first-order chi connectivity index (χ1) is 10.7. The highest BCUT2D eigenvalue weighted by Crippen LogP contribution is 2.32. The first-order valence-corrected chi connectivity index (χ1v) is 9.33. The van der Waals surface area contributed by atoms with Crippen molar-refractivity contribution in [3.63, 3.8) is 0 Å². The number of aryl methyl sites for hydroxylation is 2. The minimum atomic E-state index is 0.901. The van der Waals surface area contributed by atoms with E-state index in [0.717, 1.165) is 55.5 Å². The summed E-state index contributed by atoms with van der Waals surface area (Å²) in [4.78, 5) is 17.2. The summed E-state index contributed by atoms with van der Waals surface area (Å²) in [5.41, 5.74) is 0. The smallest absolute Gasteiger partial charge is 0.141 e. The van der Waals surface area contributed by atoms with Crippen LogP contribution in [0.2, 0.25) is 0 Å². The molecule has 0 N–H and O–H groups in total. The van der Waals surface area contributed by atoms with Gasteiger partial charge in [-0.05, 0) is 25.5 Å². The number of anilines is 1. The maximum Gasteiger partial charge on any atom is 0.141 e. The largest absolute Gasteiger partial charge is 0.353 e. The number of hydrogen-bond acceptors (Lipinski definition) is 5. The highest BCUT2D eigenvalue weighted by Gasteiger charge is 2.21. The standard InChI is InChI=1S/C17H26N4S/c1-4-7-20-8-10-21(11-9-20)16-14-12-13(5-2)22-17(14)19-15(6-3)18-16/h12H,4-11H2,1-3H3. The molecular formula is C17H26N4S. The molecule has 0 aliphatic carbocycles. The summed E-state index contributed by atoms with van der Waals surface area (Å²) in [6.45, 7) is 12.3. The Morgan fingerprint density at radius 2 is 1.82 bits per heavy atom. The second-order valence-electron chi connectivity index (χ2n) is 5.93. The van der Waals surface area contributed by atoms with Gasteiger partial charge in [0.1, 0.15) is 16.5 Å². The third kappa shape index (κ3) is 3.10. The van der Waals surface area contributed by atoms with Gasteiger partial charge in [0.05, 0.1) is 5.39 Å². The molecule has 0 aromatic carbocycles. The summed E-state index contributed by atoms with van der Waals surface area (Å²) in [5, 5.41) is 1.25. The molecule has 0 atom stereocenters. The minimum Gasteiger partial charge on any atom is -0.353 e. The zero-order valence-electron chi connectivity index (χ0n) is 13.9. The normalized spacial score (nSPS) is 16.6. The van der Waals surface area contributed by atoms with Gasteiger partial charge in [-0.15, -0.1) is 11.3 Å². The summed E-state index contributed by atoms with van der Waals surface area (Å²) < 4.78 is 0. The average molecular weight is 318 g/mol. The van der Waals surface area contributed by atoms with Crippen LogP contribution in [0.3, 0.4) is 0 Å². The number of nitrogens with zero attached hydrogens (tertiary/aromatic N) is 4. The lowest BCUT2D eigenvalue weighted by molar-refractivity contribution is 0.258. The van der Waals surface area contributed by atoms with Crippen molar-refractivity contribution in [2.75, 3.05) is 37.6 Å². The molecule has 0 saturated carbocycles. The fourth-order valence-corrected chi connectivity index (χ4v) is 4.05. The van der Waals surface area contributed by atoms with Gasteiger partial charge >= 0.3 is 0 Å². The van der Waals surface area contributed by atoms with E-state index < -0.39 is 0 Å². The first kappa shape index (κ1) is 15.7. The van der Waals surface area contributed by atoms with Gasteiger partial charge in [0, 0.05) is 37.5 Å². The molecule has 0 spiro atoms. The molecule has 1 saturated heterocycles. The molecule has 120 valence electrons. The van der Waals surface area contributed by atoms with Crippen LogP contribution in [0, 0.1) is 0 Å². The van der Waals surface area contributed by atoms with E-state index in [9.17, 15) is 0 Å². The molecule has 3 rings (SSSR count). The fourth-order valence-electron chi connectivity index (χ4n) is 3.07. The molecule has 0 bridgehead atoms. The summed E-state index contributed by atoms with van der Waals surface area (Å²) >= 11 is 1.83. The van der Waals surface area contributed by atoms with E-state index >= 15 is 0 Å². The Labute approximate surface area is 137 Å². The number of fused-ring (bicyclic) bond motifs is 1. The quantitative estimate of drug-likeness (QED) is 0.846. The van der Waals surface area contributed by atoms with Crippen LogP contribution in [-0.4, -0.2) is 47.6 Å². The Hall–Kier alpha value is -1.20. The van der Waals surface area contributed by atoms with E-state index in [1.807, 2.05) is 11.3 Å². The van der Waals surface area contributed by atoms with Crippen LogP contribution in [0.25, 0.3) is 10.2 Å². The monoisotopic (exact) mass is 318 g/mol. The maximum atomic E-state index is 4.86. The Balaban J connectivity index is 1.90. The molecule has 0 amide bonds. The van der Waals surface area contributed by atoms with Crippen molar-refractivity contribution in [3.05, 3.63) is 16.8 Å². The van der Waals surface area contributed by atoms with Crippen LogP contribution in [0.5, 0.6) is 0 Å². The Kier molecular flexibility index (Phi) is 4.93. The van der Waals surface area contributed by atoms with Crippen LogP contribution in [0.15, 0.2) is 6.07 Å². The van der Waals surface area contributed by atoms with Crippen molar-refractivity contribution in [1.29, 1.82) is 0 Å². The molecular weight excluding hydrogens is 292 g/mol. The SMILES string of the molecule is CCCN1CCN(c2nc(CC)nc3sc(CC)cc23)CC1. The van der Waals surface area contributed by atoms with Crippen molar-refractivity contribution in [2.45, 2.75) is 40.0 Å². The van der Waals surface area contributed by atoms with Crippen LogP contribution >= 0.6 is 11.3 Å². The second-order valence-corrected chi connectivity index (χ2v) is 7.05. The molecule has 5 heteroatoms. The lowest BCUT2D eigenvalue weighted by atomic mass is 10.2. The highest BCUT2D eigenvalue weighted by molar-refractivity contribution is 7.18. The summed E-state index contributed by atoms with van der Waals surface area (Å²) in [6, 6.07) is 2.30. The highest BCUT2D eigenvalue weighted by atomic mass is 32.1. The number of thiophene rings is 1. The third-order valence-corrected chi connectivity index (χ3v) is 5.52. The van der Waals surface area contributed by atoms with Gasteiger partial charge in [-0.1, -0.05) is 20.8 Å². The predicted molar refractivity (Wildman–Crippen MR) is 95.1 cm³/mol. The zero-order chi connectivity index (χ0) is 15.5. The molecule has 2 aromatic rings. The minimum absolute atomic E-state index is 0.901. The van der Waals surface area contributed by atoms with Crippen molar-refractivity contribution >= 4 is 27.4 Å². The number of rotatable bonds is 5. The van der Waals surface area contributed by atoms with E-state index in [1.165, 1.54) is 23.2 Å². The van der Waals surface area contributed by atoms with Gasteiger partial charge in [0.2, 0.25) is 0 Å². The average Bonchev–Trinajstić information content (AvgIpc) is 2.98. The van der Waals surface area contributed by atoms with Crippen LogP contribution < -0.4 is 4.90 Å². The molecule has 3 heterocycles. The number of piperazine rings is 1. The predicted octanol–water partition coefficient (Wildman–Crippen LogP) is 3.35. The summed E-state index contributed by atoms with van der Waals surface area (Å²) in [5.74, 6) is 2.14. The van der Waals surface area contributed by atoms with Gasteiger partial charge < -0.3 is 4.90 Å². The Morgan fingerprint density at radius 3 is 2.45 bits per heavy atom. The molecule has 1 fully saturated rings. The van der Waals surface area contributed by atoms with Crippen molar-refractivity contribution in [2.24, 2.45) is 0 Å². The van der Waals surface area contributed by atoms with E-state index in [2.05, 4.69) is 36.6 Å². The topological polar surface area (TPSA) is 32.3 Å². The summed E-state index contributed by atoms with van der Waals surface area (Å²) in [7, 11) is 0. The molecule has 0 radical (unpaired) electrons. The second kappa shape index (κ2) is 6.92. The van der Waals surface area contributed by atoms with Gasteiger partial charge in [0.25, 0.3) is 0 Å². The lowest BCUT2D eigenvalue weighted by Gasteiger charge is -2.35. The van der Waals surface area contributed by atoms with Crippen molar-refractivity contribution in [1.82, 2.24) is 14.9 Å². The van der Waals surface area contributed by atoms with Crippen LogP contribution in [0.1, 0.15) is 37.9 Å². The number of aromatic nitrogens is 2. The van der Waals surface area contributed by atoms with E-state index in [4.69, 9.17) is 9.97 Å². The Morgan fingerprint density at radius 1 is 1.05 bits per heavy atom. The van der Waals surface area contributed by atoms with E-state index in [1.54, 1.807) is 0 Å². The van der Waals surface area contributed by atoms with Crippen molar-refractivity contribution < 1.29 is 0 Å².